The van der Waals surface area contributed by atoms with Gasteiger partial charge < -0.3 is 28.8 Å². The molecular weight excluding hydrogens is 757 g/mol. The maximum atomic E-state index is 12.9. The lowest BCUT2D eigenvalue weighted by Crippen LogP contribution is -2.47. The lowest BCUT2D eigenvalue weighted by atomic mass is 10.0. The number of ether oxygens (including phenoxy) is 5. The fourth-order valence-corrected chi connectivity index (χ4v) is 6.99. The Labute approximate surface area is 357 Å². The van der Waals surface area contributed by atoms with Crippen molar-refractivity contribution in [1.29, 1.82) is 0 Å². The molecule has 1 N–H and O–H groups in total. The van der Waals surface area contributed by atoms with Crippen LogP contribution in [-0.4, -0.2) is 72.4 Å². The lowest BCUT2D eigenvalue weighted by Gasteiger charge is -2.23. The fourth-order valence-electron chi connectivity index (χ4n) is 6.99. The highest BCUT2D eigenvalue weighted by Gasteiger charge is 2.41. The van der Waals surface area contributed by atoms with Gasteiger partial charge in [0, 0.05) is 26.7 Å². The molecule has 0 saturated carbocycles. The lowest BCUT2D eigenvalue weighted by molar-refractivity contribution is -0.191. The summed E-state index contributed by atoms with van der Waals surface area (Å²) in [6, 6.07) is 0. The molecule has 0 saturated heterocycles. The molecule has 0 aliphatic carbocycles. The largest absolute Gasteiger partial charge is 0.478 e. The average Bonchev–Trinajstić information content (AvgIpc) is 3.19. The number of carbonyl (C=O) groups excluding carboxylic acids is 5. The summed E-state index contributed by atoms with van der Waals surface area (Å²) in [4.78, 5) is 73.2. The number of unbranched alkanes of at least 4 members (excludes halogenated alkanes) is 28. The van der Waals surface area contributed by atoms with Crippen molar-refractivity contribution in [3.05, 3.63) is 0 Å². The molecule has 0 bridgehead atoms. The second kappa shape index (κ2) is 40.2. The summed E-state index contributed by atoms with van der Waals surface area (Å²) in [6.45, 7) is 5.37. The molecule has 0 aromatic rings. The van der Waals surface area contributed by atoms with Crippen LogP contribution >= 0.6 is 0 Å². The first-order valence-corrected chi connectivity index (χ1v) is 23.6. The van der Waals surface area contributed by atoms with E-state index in [-0.39, 0.29) is 19.4 Å². The van der Waals surface area contributed by atoms with Crippen molar-refractivity contribution in [3.8, 4) is 0 Å². The van der Waals surface area contributed by atoms with E-state index in [0.29, 0.717) is 12.8 Å². The Bertz CT molecular complexity index is 1090. The SMILES string of the molecule is CCCCCCCCCCCCCCCCCC(=O)OCC(COC(=O)[C@H](OC(C)=O)[C@@H](OC(C)=O)C(=O)O)OC(=O)CCCCCCCCCCCCCCCCC. The molecule has 0 radical (unpaired) electrons. The Balaban J connectivity index is 4.74. The highest BCUT2D eigenvalue weighted by molar-refractivity contribution is 5.88. The number of aliphatic carboxylic acids is 1. The summed E-state index contributed by atoms with van der Waals surface area (Å²) >= 11 is 0. The quantitative estimate of drug-likeness (QED) is 0.0351. The molecule has 0 heterocycles. The monoisotopic (exact) mass is 841 g/mol. The summed E-state index contributed by atoms with van der Waals surface area (Å²) in [7, 11) is 0. The number of esters is 5. The van der Waals surface area contributed by atoms with Gasteiger partial charge in [-0.25, -0.2) is 9.59 Å². The van der Waals surface area contributed by atoms with Crippen LogP contribution in [0.4, 0.5) is 0 Å². The molecule has 0 aliphatic heterocycles. The molecule has 12 nitrogen and oxygen atoms in total. The van der Waals surface area contributed by atoms with Crippen LogP contribution in [0.2, 0.25) is 0 Å². The molecule has 12 heteroatoms. The smallest absolute Gasteiger partial charge is 0.352 e. The van der Waals surface area contributed by atoms with Gasteiger partial charge in [0.15, 0.2) is 6.10 Å². The Morgan fingerprint density at radius 1 is 0.390 bits per heavy atom. The molecule has 0 fully saturated rings. The van der Waals surface area contributed by atoms with Gasteiger partial charge in [-0.2, -0.15) is 0 Å². The van der Waals surface area contributed by atoms with Gasteiger partial charge in [-0.15, -0.1) is 0 Å². The Hall–Kier alpha value is -3.18. The van der Waals surface area contributed by atoms with E-state index in [1.807, 2.05) is 0 Å². The van der Waals surface area contributed by atoms with E-state index in [4.69, 9.17) is 23.7 Å². The number of carbonyl (C=O) groups is 6. The van der Waals surface area contributed by atoms with Crippen LogP contribution in [-0.2, 0) is 52.5 Å². The predicted octanol–water partition coefficient (Wildman–Crippen LogP) is 11.5. The van der Waals surface area contributed by atoms with Crippen LogP contribution in [0.1, 0.15) is 233 Å². The highest BCUT2D eigenvalue weighted by Crippen LogP contribution is 2.17. The summed E-state index contributed by atoms with van der Waals surface area (Å²) in [5, 5.41) is 9.53. The zero-order chi connectivity index (χ0) is 43.8. The summed E-state index contributed by atoms with van der Waals surface area (Å²) < 4.78 is 25.7. The normalized spacial score (nSPS) is 12.6. The average molecular weight is 841 g/mol. The summed E-state index contributed by atoms with van der Waals surface area (Å²) in [5.41, 5.74) is 0. The van der Waals surface area contributed by atoms with Crippen LogP contribution in [0.3, 0.4) is 0 Å². The fraction of sp³-hybridized carbons (Fsp3) is 0.872. The number of carboxylic acids is 1. The number of carboxylic acid groups (broad SMARTS) is 1. The second-order valence-electron chi connectivity index (χ2n) is 16.2. The molecule has 1 unspecified atom stereocenters. The van der Waals surface area contributed by atoms with Crippen LogP contribution in [0.15, 0.2) is 0 Å². The molecule has 3 atom stereocenters. The Morgan fingerprint density at radius 3 is 1.03 bits per heavy atom. The van der Waals surface area contributed by atoms with E-state index in [1.54, 1.807) is 0 Å². The third-order valence-corrected chi connectivity index (χ3v) is 10.4. The van der Waals surface area contributed by atoms with Gasteiger partial charge in [0.25, 0.3) is 0 Å². The van der Waals surface area contributed by atoms with E-state index < -0.39 is 60.7 Å². The molecule has 0 aromatic carbocycles. The molecule has 0 amide bonds. The molecule has 0 aliphatic rings. The zero-order valence-corrected chi connectivity index (χ0v) is 37.7. The first kappa shape index (κ1) is 55.8. The summed E-state index contributed by atoms with van der Waals surface area (Å²) in [5.74, 6) is -6.13. The standard InChI is InChI=1S/C47H84O12/c1-5-7-9-11-13-15-17-19-21-23-25-27-29-31-33-35-42(50)55-37-41(38-56-47(54)45(58-40(4)49)44(46(52)53)57-39(3)48)59-43(51)36-34-32-30-28-26-24-22-20-18-16-14-12-10-8-6-2/h41,44-45H,5-38H2,1-4H3,(H,52,53)/t41?,44-,45-/m1/s1. The van der Waals surface area contributed by atoms with E-state index in [0.717, 1.165) is 52.4 Å². The van der Waals surface area contributed by atoms with Gasteiger partial charge in [0.1, 0.15) is 13.2 Å². The van der Waals surface area contributed by atoms with Crippen LogP contribution in [0.5, 0.6) is 0 Å². The van der Waals surface area contributed by atoms with Crippen LogP contribution < -0.4 is 0 Å². The van der Waals surface area contributed by atoms with Crippen molar-refractivity contribution in [3.63, 3.8) is 0 Å². The maximum absolute atomic E-state index is 12.9. The topological polar surface area (TPSA) is 169 Å². The minimum Gasteiger partial charge on any atom is -0.478 e. The van der Waals surface area contributed by atoms with Crippen molar-refractivity contribution in [2.45, 2.75) is 251 Å². The van der Waals surface area contributed by atoms with Crippen molar-refractivity contribution in [2.75, 3.05) is 13.2 Å². The van der Waals surface area contributed by atoms with Gasteiger partial charge >= 0.3 is 35.8 Å². The third-order valence-electron chi connectivity index (χ3n) is 10.4. The van der Waals surface area contributed by atoms with E-state index >= 15 is 0 Å². The van der Waals surface area contributed by atoms with Crippen molar-refractivity contribution in [1.82, 2.24) is 0 Å². The number of hydrogen-bond acceptors (Lipinski definition) is 11. The van der Waals surface area contributed by atoms with Crippen molar-refractivity contribution < 1.29 is 57.6 Å². The Morgan fingerprint density at radius 2 is 0.695 bits per heavy atom. The first-order valence-electron chi connectivity index (χ1n) is 23.6. The predicted molar refractivity (Wildman–Crippen MR) is 230 cm³/mol. The van der Waals surface area contributed by atoms with Crippen LogP contribution in [0, 0.1) is 0 Å². The highest BCUT2D eigenvalue weighted by atomic mass is 16.6. The number of hydrogen-bond donors (Lipinski definition) is 1. The van der Waals surface area contributed by atoms with Gasteiger partial charge in [0.05, 0.1) is 0 Å². The van der Waals surface area contributed by atoms with Crippen molar-refractivity contribution >= 4 is 35.8 Å². The molecule has 0 aromatic heterocycles. The van der Waals surface area contributed by atoms with E-state index in [1.165, 1.54) is 141 Å². The third kappa shape index (κ3) is 36.4. The van der Waals surface area contributed by atoms with Gasteiger partial charge in [0.2, 0.25) is 12.2 Å². The van der Waals surface area contributed by atoms with E-state index in [9.17, 15) is 33.9 Å². The molecule has 344 valence electrons. The maximum Gasteiger partial charge on any atom is 0.352 e. The van der Waals surface area contributed by atoms with Crippen molar-refractivity contribution in [2.24, 2.45) is 0 Å². The van der Waals surface area contributed by atoms with Crippen LogP contribution in [0.25, 0.3) is 0 Å². The molecule has 59 heavy (non-hydrogen) atoms. The second-order valence-corrected chi connectivity index (χ2v) is 16.2. The van der Waals surface area contributed by atoms with Gasteiger partial charge in [-0.1, -0.05) is 194 Å². The minimum absolute atomic E-state index is 0.124. The van der Waals surface area contributed by atoms with Gasteiger partial charge in [-0.05, 0) is 12.8 Å². The molecule has 0 spiro atoms. The first-order chi connectivity index (χ1) is 28.5. The Kier molecular flexibility index (Phi) is 38.1. The molecular formula is C47H84O12. The minimum atomic E-state index is -2.16. The van der Waals surface area contributed by atoms with E-state index in [2.05, 4.69) is 13.8 Å². The number of rotatable bonds is 42. The summed E-state index contributed by atoms with van der Waals surface area (Å²) in [6.07, 6.45) is 30.8. The zero-order valence-electron chi connectivity index (χ0n) is 37.7. The van der Waals surface area contributed by atoms with Gasteiger partial charge in [-0.3, -0.25) is 19.2 Å². The molecule has 0 rings (SSSR count).